The molecule has 0 bridgehead atoms. The van der Waals surface area contributed by atoms with Crippen molar-refractivity contribution in [2.75, 3.05) is 31.1 Å². The van der Waals surface area contributed by atoms with Crippen molar-refractivity contribution < 1.29 is 13.2 Å². The third-order valence-corrected chi connectivity index (χ3v) is 6.02. The van der Waals surface area contributed by atoms with Crippen LogP contribution in [-0.4, -0.2) is 40.5 Å². The number of anilines is 1. The van der Waals surface area contributed by atoms with E-state index in [-0.39, 0.29) is 10.8 Å². The fourth-order valence-corrected chi connectivity index (χ4v) is 4.22. The monoisotopic (exact) mass is 337 g/mol. The average molecular weight is 337 g/mol. The van der Waals surface area contributed by atoms with Crippen molar-refractivity contribution in [2.24, 2.45) is 5.92 Å². The van der Waals surface area contributed by atoms with Gasteiger partial charge in [0.05, 0.1) is 4.90 Å². The minimum Gasteiger partial charge on any atom is -0.316 e. The third-order valence-electron chi connectivity index (χ3n) is 4.54. The number of nitrogens with one attached hydrogen (secondary N) is 2. The summed E-state index contributed by atoms with van der Waals surface area (Å²) in [7, 11) is -3.48. The predicted molar refractivity (Wildman–Crippen MR) is 88.8 cm³/mol. The van der Waals surface area contributed by atoms with Crippen molar-refractivity contribution >= 4 is 21.6 Å². The normalized spacial score (nSPS) is 22.0. The molecule has 0 spiro atoms. The van der Waals surface area contributed by atoms with E-state index in [0.29, 0.717) is 25.4 Å². The summed E-state index contributed by atoms with van der Waals surface area (Å²) in [6.07, 6.45) is 3.39. The first-order valence-corrected chi connectivity index (χ1v) is 9.65. The van der Waals surface area contributed by atoms with Crippen LogP contribution in [0.3, 0.4) is 0 Å². The number of amides is 1. The molecule has 1 amide bonds. The van der Waals surface area contributed by atoms with Crippen LogP contribution in [0.25, 0.3) is 0 Å². The standard InChI is InChI=1S/C16H23N3O3S/c20-16-2-1-11-19(16)14-3-5-15(6-4-14)23(21,22)18-10-8-13-7-9-17-12-13/h3-6,13,17-18H,1-2,7-12H2. The van der Waals surface area contributed by atoms with E-state index in [1.54, 1.807) is 29.2 Å². The van der Waals surface area contributed by atoms with Crippen molar-refractivity contribution in [3.8, 4) is 0 Å². The molecule has 2 fully saturated rings. The van der Waals surface area contributed by atoms with Crippen LogP contribution < -0.4 is 14.9 Å². The zero-order valence-electron chi connectivity index (χ0n) is 13.1. The lowest BCUT2D eigenvalue weighted by Crippen LogP contribution is -2.27. The molecule has 2 heterocycles. The summed E-state index contributed by atoms with van der Waals surface area (Å²) in [6, 6.07) is 6.55. The van der Waals surface area contributed by atoms with Crippen molar-refractivity contribution in [1.29, 1.82) is 0 Å². The molecule has 2 N–H and O–H groups in total. The van der Waals surface area contributed by atoms with Gasteiger partial charge in [0, 0.05) is 25.2 Å². The first kappa shape index (κ1) is 16.4. The summed E-state index contributed by atoms with van der Waals surface area (Å²) in [6.45, 7) is 3.16. The zero-order chi connectivity index (χ0) is 16.3. The number of nitrogens with zero attached hydrogens (tertiary/aromatic N) is 1. The minimum atomic E-state index is -3.48. The van der Waals surface area contributed by atoms with Crippen molar-refractivity contribution in [1.82, 2.24) is 10.0 Å². The van der Waals surface area contributed by atoms with Crippen LogP contribution in [0.5, 0.6) is 0 Å². The molecule has 3 rings (SSSR count). The molecule has 7 heteroatoms. The Kier molecular flexibility index (Phi) is 4.99. The largest absolute Gasteiger partial charge is 0.316 e. The van der Waals surface area contributed by atoms with Gasteiger partial charge in [0.2, 0.25) is 15.9 Å². The molecule has 6 nitrogen and oxygen atoms in total. The smallest absolute Gasteiger partial charge is 0.240 e. The first-order chi connectivity index (χ1) is 11.1. The van der Waals surface area contributed by atoms with E-state index in [4.69, 9.17) is 0 Å². The van der Waals surface area contributed by atoms with Crippen molar-refractivity contribution in [3.63, 3.8) is 0 Å². The molecule has 1 aromatic carbocycles. The molecule has 23 heavy (non-hydrogen) atoms. The molecule has 2 saturated heterocycles. The van der Waals surface area contributed by atoms with Gasteiger partial charge in [0.25, 0.3) is 0 Å². The summed E-state index contributed by atoms with van der Waals surface area (Å²) < 4.78 is 27.3. The summed E-state index contributed by atoms with van der Waals surface area (Å²) in [5.41, 5.74) is 0.767. The molecule has 1 unspecified atom stereocenters. The number of benzene rings is 1. The number of hydrogen-bond donors (Lipinski definition) is 2. The zero-order valence-corrected chi connectivity index (χ0v) is 13.9. The van der Waals surface area contributed by atoms with E-state index < -0.39 is 10.0 Å². The Morgan fingerprint density at radius 3 is 2.65 bits per heavy atom. The molecule has 0 radical (unpaired) electrons. The topological polar surface area (TPSA) is 78.5 Å². The molecular formula is C16H23N3O3S. The van der Waals surface area contributed by atoms with E-state index in [1.165, 1.54) is 0 Å². The first-order valence-electron chi connectivity index (χ1n) is 8.17. The summed E-state index contributed by atoms with van der Waals surface area (Å²) >= 11 is 0. The Morgan fingerprint density at radius 1 is 1.26 bits per heavy atom. The van der Waals surface area contributed by atoms with Crippen LogP contribution in [0.4, 0.5) is 5.69 Å². The van der Waals surface area contributed by atoms with Crippen LogP contribution in [0, 0.1) is 5.92 Å². The fraction of sp³-hybridized carbons (Fsp3) is 0.562. The highest BCUT2D eigenvalue weighted by molar-refractivity contribution is 7.89. The number of hydrogen-bond acceptors (Lipinski definition) is 4. The van der Waals surface area contributed by atoms with Gasteiger partial charge in [-0.25, -0.2) is 13.1 Å². The van der Waals surface area contributed by atoms with Gasteiger partial charge in [-0.15, -0.1) is 0 Å². The number of carbonyl (C=O) groups excluding carboxylic acids is 1. The maximum atomic E-state index is 12.3. The SMILES string of the molecule is O=C1CCCN1c1ccc(S(=O)(=O)NCCC2CCNC2)cc1. The van der Waals surface area contributed by atoms with E-state index in [2.05, 4.69) is 10.0 Å². The molecule has 126 valence electrons. The van der Waals surface area contributed by atoms with Crippen LogP contribution in [0.15, 0.2) is 29.2 Å². The molecular weight excluding hydrogens is 314 g/mol. The van der Waals surface area contributed by atoms with Gasteiger partial charge in [-0.2, -0.15) is 0 Å². The van der Waals surface area contributed by atoms with E-state index in [1.807, 2.05) is 0 Å². The highest BCUT2D eigenvalue weighted by atomic mass is 32.2. The quantitative estimate of drug-likeness (QED) is 0.814. The van der Waals surface area contributed by atoms with Crippen LogP contribution in [0.2, 0.25) is 0 Å². The molecule has 0 aliphatic carbocycles. The second-order valence-corrected chi connectivity index (χ2v) is 7.96. The molecule has 1 atom stereocenters. The second kappa shape index (κ2) is 6.98. The van der Waals surface area contributed by atoms with Gasteiger partial charge in [0.15, 0.2) is 0 Å². The number of rotatable bonds is 6. The average Bonchev–Trinajstić information content (AvgIpc) is 3.19. The Bertz CT molecular complexity index is 652. The van der Waals surface area contributed by atoms with E-state index in [9.17, 15) is 13.2 Å². The highest BCUT2D eigenvalue weighted by Gasteiger charge is 2.22. The van der Waals surface area contributed by atoms with Gasteiger partial charge in [-0.05, 0) is 62.5 Å². The van der Waals surface area contributed by atoms with Crippen molar-refractivity contribution in [3.05, 3.63) is 24.3 Å². The lowest BCUT2D eigenvalue weighted by Gasteiger charge is -2.16. The molecule has 2 aliphatic heterocycles. The summed E-state index contributed by atoms with van der Waals surface area (Å²) in [5.74, 6) is 0.658. The number of sulfonamides is 1. The Labute approximate surface area is 137 Å². The fourth-order valence-electron chi connectivity index (χ4n) is 3.17. The second-order valence-electron chi connectivity index (χ2n) is 6.19. The van der Waals surface area contributed by atoms with Gasteiger partial charge in [0.1, 0.15) is 0 Å². The molecule has 1 aromatic rings. The van der Waals surface area contributed by atoms with Crippen LogP contribution >= 0.6 is 0 Å². The van der Waals surface area contributed by atoms with Gasteiger partial charge < -0.3 is 10.2 Å². The highest BCUT2D eigenvalue weighted by Crippen LogP contribution is 2.23. The molecule has 0 saturated carbocycles. The van der Waals surface area contributed by atoms with E-state index >= 15 is 0 Å². The summed E-state index contributed by atoms with van der Waals surface area (Å²) in [4.78, 5) is 13.7. The maximum Gasteiger partial charge on any atom is 0.240 e. The predicted octanol–water partition coefficient (Wildman–Crippen LogP) is 1.09. The Morgan fingerprint density at radius 2 is 2.04 bits per heavy atom. The van der Waals surface area contributed by atoms with E-state index in [0.717, 1.165) is 38.0 Å². The van der Waals surface area contributed by atoms with Crippen molar-refractivity contribution in [2.45, 2.75) is 30.6 Å². The lowest BCUT2D eigenvalue weighted by molar-refractivity contribution is -0.117. The van der Waals surface area contributed by atoms with Gasteiger partial charge >= 0.3 is 0 Å². The van der Waals surface area contributed by atoms with Crippen LogP contribution in [0.1, 0.15) is 25.7 Å². The van der Waals surface area contributed by atoms with Crippen LogP contribution in [-0.2, 0) is 14.8 Å². The molecule has 0 aromatic heterocycles. The third kappa shape index (κ3) is 3.91. The lowest BCUT2D eigenvalue weighted by atomic mass is 10.1. The van der Waals surface area contributed by atoms with Gasteiger partial charge in [-0.1, -0.05) is 0 Å². The Balaban J connectivity index is 1.59. The Hall–Kier alpha value is -1.44. The van der Waals surface area contributed by atoms with Gasteiger partial charge in [-0.3, -0.25) is 4.79 Å². The molecule has 2 aliphatic rings. The minimum absolute atomic E-state index is 0.101. The number of carbonyl (C=O) groups is 1. The summed E-state index contributed by atoms with van der Waals surface area (Å²) in [5, 5.41) is 3.28. The maximum absolute atomic E-state index is 12.3.